The highest BCUT2D eigenvalue weighted by Crippen LogP contribution is 2.19. The monoisotopic (exact) mass is 204 g/mol. The average molecular weight is 204 g/mol. The van der Waals surface area contributed by atoms with Crippen LogP contribution >= 0.6 is 0 Å². The molecule has 1 aromatic rings. The maximum Gasteiger partial charge on any atom is 0.221 e. The van der Waals surface area contributed by atoms with Crippen molar-refractivity contribution in [1.82, 2.24) is 0 Å². The number of primary amides is 1. The maximum absolute atomic E-state index is 10.6. The van der Waals surface area contributed by atoms with Gasteiger partial charge in [0.15, 0.2) is 0 Å². The summed E-state index contributed by atoms with van der Waals surface area (Å²) in [5.41, 5.74) is 14.8. The van der Waals surface area contributed by atoms with E-state index in [0.717, 1.165) is 22.4 Å². The van der Waals surface area contributed by atoms with E-state index in [9.17, 15) is 4.79 Å². The summed E-state index contributed by atoms with van der Waals surface area (Å²) in [6, 6.07) is 3.83. The fourth-order valence-electron chi connectivity index (χ4n) is 1.56. The standard InChI is InChI=1S/C12H16N2O/c1-8-6-10(13)7-9(2)11(8)4-3-5-12(14)15/h3-4,6-7H,5,13H2,1-2H3,(H2,14,15). The Balaban J connectivity index is 2.94. The number of benzene rings is 1. The Kier molecular flexibility index (Phi) is 3.50. The number of carbonyl (C=O) groups is 1. The van der Waals surface area contributed by atoms with E-state index in [1.54, 1.807) is 6.08 Å². The lowest BCUT2D eigenvalue weighted by Gasteiger charge is -2.06. The average Bonchev–Trinajstić information content (AvgIpc) is 2.08. The van der Waals surface area contributed by atoms with Crippen LogP contribution in [0.3, 0.4) is 0 Å². The second-order valence-electron chi connectivity index (χ2n) is 3.64. The van der Waals surface area contributed by atoms with Crippen LogP contribution in [0.15, 0.2) is 18.2 Å². The molecule has 0 saturated heterocycles. The Morgan fingerprint density at radius 2 is 1.87 bits per heavy atom. The summed E-state index contributed by atoms with van der Waals surface area (Å²) in [5, 5.41) is 0. The van der Waals surface area contributed by atoms with Crippen LogP contribution in [-0.2, 0) is 4.79 Å². The molecular formula is C12H16N2O. The molecule has 0 aliphatic rings. The Morgan fingerprint density at radius 1 is 1.33 bits per heavy atom. The van der Waals surface area contributed by atoms with Gasteiger partial charge in [-0.3, -0.25) is 4.79 Å². The van der Waals surface area contributed by atoms with Crippen LogP contribution in [0.2, 0.25) is 0 Å². The van der Waals surface area contributed by atoms with Crippen molar-refractivity contribution in [3.8, 4) is 0 Å². The zero-order valence-corrected chi connectivity index (χ0v) is 9.08. The summed E-state index contributed by atoms with van der Waals surface area (Å²) < 4.78 is 0. The molecule has 0 unspecified atom stereocenters. The van der Waals surface area contributed by atoms with Crippen LogP contribution in [0.25, 0.3) is 6.08 Å². The van der Waals surface area contributed by atoms with Gasteiger partial charge in [-0.15, -0.1) is 0 Å². The third-order valence-electron chi connectivity index (χ3n) is 2.22. The van der Waals surface area contributed by atoms with Crippen LogP contribution in [0.1, 0.15) is 23.1 Å². The molecular weight excluding hydrogens is 188 g/mol. The zero-order chi connectivity index (χ0) is 11.4. The number of hydrogen-bond acceptors (Lipinski definition) is 2. The molecule has 0 radical (unpaired) electrons. The lowest BCUT2D eigenvalue weighted by molar-refractivity contribution is -0.117. The third-order valence-corrected chi connectivity index (χ3v) is 2.22. The molecule has 3 heteroatoms. The van der Waals surface area contributed by atoms with Gasteiger partial charge in [-0.25, -0.2) is 0 Å². The second-order valence-corrected chi connectivity index (χ2v) is 3.64. The number of amides is 1. The van der Waals surface area contributed by atoms with Crippen LogP contribution in [-0.4, -0.2) is 5.91 Å². The van der Waals surface area contributed by atoms with Gasteiger partial charge in [0, 0.05) is 12.1 Å². The van der Waals surface area contributed by atoms with Gasteiger partial charge in [-0.1, -0.05) is 12.2 Å². The van der Waals surface area contributed by atoms with Gasteiger partial charge in [0.1, 0.15) is 0 Å². The summed E-state index contributed by atoms with van der Waals surface area (Å²) in [5.74, 6) is -0.322. The summed E-state index contributed by atoms with van der Waals surface area (Å²) in [4.78, 5) is 10.6. The molecule has 0 fully saturated rings. The first-order valence-electron chi connectivity index (χ1n) is 4.82. The number of hydrogen-bond donors (Lipinski definition) is 2. The van der Waals surface area contributed by atoms with E-state index in [1.807, 2.05) is 32.1 Å². The number of anilines is 1. The first-order valence-corrected chi connectivity index (χ1v) is 4.82. The number of rotatable bonds is 3. The van der Waals surface area contributed by atoms with Gasteiger partial charge in [0.25, 0.3) is 0 Å². The van der Waals surface area contributed by atoms with E-state index in [0.29, 0.717) is 0 Å². The van der Waals surface area contributed by atoms with Gasteiger partial charge in [-0.05, 0) is 42.7 Å². The highest BCUT2D eigenvalue weighted by atomic mass is 16.1. The van der Waals surface area contributed by atoms with Crippen LogP contribution in [0.4, 0.5) is 5.69 Å². The molecule has 4 N–H and O–H groups in total. The summed E-state index contributed by atoms with van der Waals surface area (Å²) in [6.45, 7) is 3.99. The van der Waals surface area contributed by atoms with Crippen molar-refractivity contribution in [3.05, 3.63) is 34.9 Å². The van der Waals surface area contributed by atoms with Gasteiger partial charge in [0.2, 0.25) is 5.91 Å². The number of aryl methyl sites for hydroxylation is 2. The Hall–Kier alpha value is -1.77. The summed E-state index contributed by atoms with van der Waals surface area (Å²) in [7, 11) is 0. The minimum atomic E-state index is -0.322. The molecule has 1 amide bonds. The maximum atomic E-state index is 10.6. The SMILES string of the molecule is Cc1cc(N)cc(C)c1C=CCC(N)=O. The topological polar surface area (TPSA) is 69.1 Å². The molecule has 3 nitrogen and oxygen atoms in total. The van der Waals surface area contributed by atoms with Crippen molar-refractivity contribution in [1.29, 1.82) is 0 Å². The van der Waals surface area contributed by atoms with E-state index in [2.05, 4.69) is 0 Å². The van der Waals surface area contributed by atoms with Crippen molar-refractivity contribution in [3.63, 3.8) is 0 Å². The molecule has 0 aliphatic carbocycles. The first kappa shape index (κ1) is 11.3. The quantitative estimate of drug-likeness (QED) is 0.737. The van der Waals surface area contributed by atoms with E-state index in [-0.39, 0.29) is 12.3 Å². The van der Waals surface area contributed by atoms with Crippen molar-refractivity contribution in [2.75, 3.05) is 5.73 Å². The normalized spacial score (nSPS) is 10.8. The molecule has 0 heterocycles. The zero-order valence-electron chi connectivity index (χ0n) is 9.08. The Labute approximate surface area is 89.8 Å². The predicted molar refractivity (Wildman–Crippen MR) is 63.2 cm³/mol. The largest absolute Gasteiger partial charge is 0.399 e. The lowest BCUT2D eigenvalue weighted by Crippen LogP contribution is -2.07. The van der Waals surface area contributed by atoms with Crippen LogP contribution in [0, 0.1) is 13.8 Å². The number of carbonyl (C=O) groups excluding carboxylic acids is 1. The highest BCUT2D eigenvalue weighted by Gasteiger charge is 2.00. The molecule has 1 aromatic carbocycles. The highest BCUT2D eigenvalue weighted by molar-refractivity contribution is 5.77. The van der Waals surface area contributed by atoms with Gasteiger partial charge in [-0.2, -0.15) is 0 Å². The summed E-state index contributed by atoms with van der Waals surface area (Å²) in [6.07, 6.45) is 3.95. The van der Waals surface area contributed by atoms with Gasteiger partial charge >= 0.3 is 0 Å². The van der Waals surface area contributed by atoms with Crippen molar-refractivity contribution in [2.45, 2.75) is 20.3 Å². The van der Waals surface area contributed by atoms with Gasteiger partial charge < -0.3 is 11.5 Å². The van der Waals surface area contributed by atoms with E-state index < -0.39 is 0 Å². The predicted octanol–water partition coefficient (Wildman–Crippen LogP) is 1.77. The molecule has 80 valence electrons. The van der Waals surface area contributed by atoms with Crippen LogP contribution in [0.5, 0.6) is 0 Å². The third kappa shape index (κ3) is 3.13. The van der Waals surface area contributed by atoms with E-state index in [4.69, 9.17) is 11.5 Å². The number of nitrogens with two attached hydrogens (primary N) is 2. The van der Waals surface area contributed by atoms with E-state index >= 15 is 0 Å². The molecule has 0 saturated carbocycles. The lowest BCUT2D eigenvalue weighted by atomic mass is 10.0. The Bertz CT molecular complexity index is 385. The van der Waals surface area contributed by atoms with Crippen molar-refractivity contribution < 1.29 is 4.79 Å². The minimum Gasteiger partial charge on any atom is -0.399 e. The van der Waals surface area contributed by atoms with Crippen molar-refractivity contribution >= 4 is 17.7 Å². The molecule has 0 spiro atoms. The fraction of sp³-hybridized carbons (Fsp3) is 0.250. The molecule has 0 aliphatic heterocycles. The molecule has 1 rings (SSSR count). The second kappa shape index (κ2) is 4.64. The van der Waals surface area contributed by atoms with E-state index in [1.165, 1.54) is 0 Å². The van der Waals surface area contributed by atoms with Crippen molar-refractivity contribution in [2.24, 2.45) is 5.73 Å². The Morgan fingerprint density at radius 3 is 2.33 bits per heavy atom. The minimum absolute atomic E-state index is 0.267. The number of nitrogen functional groups attached to an aromatic ring is 1. The first-order chi connectivity index (χ1) is 7.00. The molecule has 0 bridgehead atoms. The van der Waals surface area contributed by atoms with Crippen LogP contribution < -0.4 is 11.5 Å². The fourth-order valence-corrected chi connectivity index (χ4v) is 1.56. The molecule has 0 aromatic heterocycles. The smallest absolute Gasteiger partial charge is 0.221 e. The molecule has 15 heavy (non-hydrogen) atoms. The van der Waals surface area contributed by atoms with Gasteiger partial charge in [0.05, 0.1) is 0 Å². The summed E-state index contributed by atoms with van der Waals surface area (Å²) >= 11 is 0. The molecule has 0 atom stereocenters.